The molecule has 0 saturated carbocycles. The SMILES string of the molecule is Cc1cccc(NC(=O)C(=O)NCC[NH+](C)C)c1. The Morgan fingerprint density at radius 1 is 1.22 bits per heavy atom. The molecule has 18 heavy (non-hydrogen) atoms. The second-order valence-electron chi connectivity index (χ2n) is 4.54. The highest BCUT2D eigenvalue weighted by atomic mass is 16.2. The van der Waals surface area contributed by atoms with Gasteiger partial charge in [-0.3, -0.25) is 9.59 Å². The standard InChI is InChI=1S/C13H19N3O2/c1-10-5-4-6-11(9-10)15-13(18)12(17)14-7-8-16(2)3/h4-6,9H,7-8H2,1-3H3,(H,14,17)(H,15,18)/p+1. The monoisotopic (exact) mass is 250 g/mol. The number of hydrogen-bond acceptors (Lipinski definition) is 2. The lowest BCUT2D eigenvalue weighted by atomic mass is 10.2. The molecule has 0 saturated heterocycles. The summed E-state index contributed by atoms with van der Waals surface area (Å²) >= 11 is 0. The van der Waals surface area contributed by atoms with Crippen LogP contribution in [0, 0.1) is 6.92 Å². The van der Waals surface area contributed by atoms with Gasteiger partial charge in [-0.1, -0.05) is 12.1 Å². The Morgan fingerprint density at radius 2 is 1.94 bits per heavy atom. The van der Waals surface area contributed by atoms with E-state index < -0.39 is 11.8 Å². The number of amides is 2. The first-order valence-electron chi connectivity index (χ1n) is 5.94. The second-order valence-corrected chi connectivity index (χ2v) is 4.54. The van der Waals surface area contributed by atoms with Gasteiger partial charge in [-0.2, -0.15) is 0 Å². The summed E-state index contributed by atoms with van der Waals surface area (Å²) < 4.78 is 0. The number of hydrogen-bond donors (Lipinski definition) is 3. The number of nitrogens with one attached hydrogen (secondary N) is 3. The van der Waals surface area contributed by atoms with Crippen LogP contribution in [0.1, 0.15) is 5.56 Å². The normalized spacial score (nSPS) is 10.2. The van der Waals surface area contributed by atoms with E-state index in [4.69, 9.17) is 0 Å². The van der Waals surface area contributed by atoms with Gasteiger partial charge in [0.15, 0.2) is 0 Å². The van der Waals surface area contributed by atoms with Crippen molar-refractivity contribution in [1.82, 2.24) is 5.32 Å². The fourth-order valence-corrected chi connectivity index (χ4v) is 1.42. The van der Waals surface area contributed by atoms with Gasteiger partial charge in [-0.15, -0.1) is 0 Å². The van der Waals surface area contributed by atoms with Gasteiger partial charge >= 0.3 is 11.8 Å². The van der Waals surface area contributed by atoms with Crippen molar-refractivity contribution in [2.45, 2.75) is 6.92 Å². The van der Waals surface area contributed by atoms with Gasteiger partial charge in [0, 0.05) is 5.69 Å². The first-order valence-corrected chi connectivity index (χ1v) is 5.94. The third kappa shape index (κ3) is 4.97. The topological polar surface area (TPSA) is 62.6 Å². The van der Waals surface area contributed by atoms with E-state index in [1.165, 1.54) is 4.90 Å². The fraction of sp³-hybridized carbons (Fsp3) is 0.385. The van der Waals surface area contributed by atoms with Crippen molar-refractivity contribution in [1.29, 1.82) is 0 Å². The van der Waals surface area contributed by atoms with Crippen LogP contribution in [0.2, 0.25) is 0 Å². The molecular formula is C13H20N3O2+. The van der Waals surface area contributed by atoms with Gasteiger partial charge in [0.25, 0.3) is 0 Å². The summed E-state index contributed by atoms with van der Waals surface area (Å²) in [4.78, 5) is 24.3. The van der Waals surface area contributed by atoms with Crippen LogP contribution in [0.4, 0.5) is 5.69 Å². The third-order valence-corrected chi connectivity index (χ3v) is 2.39. The van der Waals surface area contributed by atoms with Crippen molar-refractivity contribution in [3.8, 4) is 0 Å². The zero-order chi connectivity index (χ0) is 13.5. The van der Waals surface area contributed by atoms with E-state index in [0.717, 1.165) is 12.1 Å². The lowest BCUT2D eigenvalue weighted by Gasteiger charge is -2.09. The fourth-order valence-electron chi connectivity index (χ4n) is 1.42. The smallest absolute Gasteiger partial charge is 0.313 e. The molecule has 3 N–H and O–H groups in total. The van der Waals surface area contributed by atoms with Gasteiger partial charge in [0.1, 0.15) is 0 Å². The molecule has 0 heterocycles. The number of rotatable bonds is 4. The molecule has 5 nitrogen and oxygen atoms in total. The lowest BCUT2D eigenvalue weighted by molar-refractivity contribution is -0.856. The predicted octanol–water partition coefficient (Wildman–Crippen LogP) is -0.806. The number of likely N-dealkylation sites (N-methyl/N-ethyl adjacent to an activating group) is 1. The molecule has 0 aromatic heterocycles. The van der Waals surface area contributed by atoms with Crippen molar-refractivity contribution < 1.29 is 14.5 Å². The predicted molar refractivity (Wildman–Crippen MR) is 70.5 cm³/mol. The quantitative estimate of drug-likeness (QED) is 0.612. The summed E-state index contributed by atoms with van der Waals surface area (Å²) in [5, 5.41) is 5.14. The molecule has 0 aliphatic carbocycles. The Balaban J connectivity index is 2.43. The van der Waals surface area contributed by atoms with Crippen molar-refractivity contribution in [2.75, 3.05) is 32.5 Å². The molecule has 0 aliphatic rings. The Bertz CT molecular complexity index is 430. The van der Waals surface area contributed by atoms with Gasteiger partial charge in [0.05, 0.1) is 27.2 Å². The summed E-state index contributed by atoms with van der Waals surface area (Å²) in [6.07, 6.45) is 0. The molecule has 1 aromatic carbocycles. The maximum Gasteiger partial charge on any atom is 0.313 e. The zero-order valence-corrected chi connectivity index (χ0v) is 11.0. The van der Waals surface area contributed by atoms with Gasteiger partial charge in [-0.25, -0.2) is 0 Å². The molecule has 5 heteroatoms. The molecule has 98 valence electrons. The molecule has 0 spiro atoms. The van der Waals surface area contributed by atoms with E-state index in [9.17, 15) is 9.59 Å². The maximum absolute atomic E-state index is 11.6. The minimum absolute atomic E-state index is 0.488. The average molecular weight is 250 g/mol. The Kier molecular flexibility index (Phi) is 5.32. The van der Waals surface area contributed by atoms with Crippen molar-refractivity contribution >= 4 is 17.5 Å². The molecular weight excluding hydrogens is 230 g/mol. The van der Waals surface area contributed by atoms with Gasteiger partial charge in [-0.05, 0) is 24.6 Å². The van der Waals surface area contributed by atoms with Crippen molar-refractivity contribution in [2.24, 2.45) is 0 Å². The molecule has 0 atom stereocenters. The lowest BCUT2D eigenvalue weighted by Crippen LogP contribution is -3.06. The second kappa shape index (κ2) is 6.76. The molecule has 0 unspecified atom stereocenters. The summed E-state index contributed by atoms with van der Waals surface area (Å²) in [6.45, 7) is 3.20. The molecule has 0 radical (unpaired) electrons. The highest BCUT2D eigenvalue weighted by molar-refractivity contribution is 6.39. The van der Waals surface area contributed by atoms with Crippen LogP contribution in [-0.2, 0) is 9.59 Å². The molecule has 0 bridgehead atoms. The first-order chi connectivity index (χ1) is 8.49. The Hall–Kier alpha value is -1.88. The third-order valence-electron chi connectivity index (χ3n) is 2.39. The number of aryl methyl sites for hydroxylation is 1. The summed E-state index contributed by atoms with van der Waals surface area (Å²) in [6, 6.07) is 7.32. The van der Waals surface area contributed by atoms with Crippen molar-refractivity contribution in [3.05, 3.63) is 29.8 Å². The van der Waals surface area contributed by atoms with Crippen LogP contribution in [0.25, 0.3) is 0 Å². The summed E-state index contributed by atoms with van der Waals surface area (Å²) in [7, 11) is 3.97. The molecule has 0 fully saturated rings. The van der Waals surface area contributed by atoms with E-state index >= 15 is 0 Å². The molecule has 1 aromatic rings. The van der Waals surface area contributed by atoms with Gasteiger partial charge in [0.2, 0.25) is 0 Å². The first kappa shape index (κ1) is 14.2. The number of quaternary nitrogens is 1. The van der Waals surface area contributed by atoms with E-state index in [0.29, 0.717) is 12.2 Å². The number of benzene rings is 1. The maximum atomic E-state index is 11.6. The molecule has 2 amide bonds. The van der Waals surface area contributed by atoms with Crippen LogP contribution in [-0.4, -0.2) is 39.0 Å². The van der Waals surface area contributed by atoms with Crippen molar-refractivity contribution in [3.63, 3.8) is 0 Å². The summed E-state index contributed by atoms with van der Waals surface area (Å²) in [5.74, 6) is -1.23. The number of carbonyl (C=O) groups excluding carboxylic acids is 2. The van der Waals surface area contributed by atoms with E-state index in [1.54, 1.807) is 6.07 Å². The van der Waals surface area contributed by atoms with Crippen LogP contribution in [0.5, 0.6) is 0 Å². The van der Waals surface area contributed by atoms with E-state index in [-0.39, 0.29) is 0 Å². The summed E-state index contributed by atoms with van der Waals surface area (Å²) in [5.41, 5.74) is 1.66. The van der Waals surface area contributed by atoms with Crippen LogP contribution < -0.4 is 15.5 Å². The van der Waals surface area contributed by atoms with Crippen LogP contribution in [0.15, 0.2) is 24.3 Å². The minimum atomic E-state index is -0.630. The zero-order valence-electron chi connectivity index (χ0n) is 11.0. The minimum Gasteiger partial charge on any atom is -0.342 e. The molecule has 1 rings (SSSR count). The average Bonchev–Trinajstić information content (AvgIpc) is 2.28. The van der Waals surface area contributed by atoms with E-state index in [1.807, 2.05) is 39.2 Å². The highest BCUT2D eigenvalue weighted by Gasteiger charge is 2.13. The Labute approximate surface area is 107 Å². The van der Waals surface area contributed by atoms with Gasteiger partial charge < -0.3 is 15.5 Å². The highest BCUT2D eigenvalue weighted by Crippen LogP contribution is 2.08. The van der Waals surface area contributed by atoms with Crippen LogP contribution in [0.3, 0.4) is 0 Å². The van der Waals surface area contributed by atoms with Crippen LogP contribution >= 0.6 is 0 Å². The number of anilines is 1. The number of carbonyl (C=O) groups is 2. The van der Waals surface area contributed by atoms with E-state index in [2.05, 4.69) is 10.6 Å². The molecule has 0 aliphatic heterocycles. The largest absolute Gasteiger partial charge is 0.342 e. The Morgan fingerprint density at radius 3 is 2.56 bits per heavy atom.